The molecule has 2 aromatic carbocycles. The lowest BCUT2D eigenvalue weighted by Gasteiger charge is -2.09. The third-order valence-electron chi connectivity index (χ3n) is 2.87. The standard InChI is InChI=1S/C18H20N2/c1-3-7-15(2)14-19-16-10-12-18(13-11-16)20-17-8-5-4-6-9-17/h3-13,19-20H,2,14H2,1H3/b7-3-. The highest BCUT2D eigenvalue weighted by atomic mass is 14.9. The van der Waals surface area contributed by atoms with Crippen molar-refractivity contribution < 1.29 is 0 Å². The summed E-state index contributed by atoms with van der Waals surface area (Å²) in [5.41, 5.74) is 4.33. The van der Waals surface area contributed by atoms with Crippen molar-refractivity contribution >= 4 is 17.1 Å². The molecule has 2 N–H and O–H groups in total. The fraction of sp³-hybridized carbons (Fsp3) is 0.111. The molecule has 0 saturated carbocycles. The van der Waals surface area contributed by atoms with Crippen LogP contribution < -0.4 is 10.6 Å². The second-order valence-electron chi connectivity index (χ2n) is 4.58. The van der Waals surface area contributed by atoms with Crippen LogP contribution in [0.3, 0.4) is 0 Å². The van der Waals surface area contributed by atoms with Crippen LogP contribution in [0.1, 0.15) is 6.92 Å². The molecule has 20 heavy (non-hydrogen) atoms. The van der Waals surface area contributed by atoms with E-state index >= 15 is 0 Å². The van der Waals surface area contributed by atoms with E-state index in [0.29, 0.717) is 0 Å². The molecule has 0 radical (unpaired) electrons. The summed E-state index contributed by atoms with van der Waals surface area (Å²) < 4.78 is 0. The van der Waals surface area contributed by atoms with E-state index in [1.165, 1.54) is 0 Å². The number of anilines is 3. The first kappa shape index (κ1) is 13.9. The van der Waals surface area contributed by atoms with E-state index in [9.17, 15) is 0 Å². The van der Waals surface area contributed by atoms with Gasteiger partial charge in [0.1, 0.15) is 0 Å². The summed E-state index contributed by atoms with van der Waals surface area (Å²) in [5, 5.41) is 6.70. The zero-order valence-electron chi connectivity index (χ0n) is 11.8. The lowest BCUT2D eigenvalue weighted by molar-refractivity contribution is 1.27. The van der Waals surface area contributed by atoms with Gasteiger partial charge in [-0.05, 0) is 48.9 Å². The number of hydrogen-bond acceptors (Lipinski definition) is 2. The average Bonchev–Trinajstić information content (AvgIpc) is 2.48. The van der Waals surface area contributed by atoms with Crippen molar-refractivity contribution in [3.8, 4) is 0 Å². The maximum absolute atomic E-state index is 3.97. The Kier molecular flexibility index (Phi) is 5.01. The Bertz CT molecular complexity index is 568. The second kappa shape index (κ2) is 7.19. The van der Waals surface area contributed by atoms with E-state index in [1.807, 2.05) is 49.4 Å². The Morgan fingerprint density at radius 2 is 1.55 bits per heavy atom. The molecule has 0 aliphatic carbocycles. The fourth-order valence-electron chi connectivity index (χ4n) is 1.87. The van der Waals surface area contributed by atoms with Gasteiger partial charge in [-0.3, -0.25) is 0 Å². The topological polar surface area (TPSA) is 24.1 Å². The minimum absolute atomic E-state index is 0.760. The summed E-state index contributed by atoms with van der Waals surface area (Å²) in [5.74, 6) is 0. The van der Waals surface area contributed by atoms with Gasteiger partial charge in [0.05, 0.1) is 0 Å². The van der Waals surface area contributed by atoms with Gasteiger partial charge in [0.25, 0.3) is 0 Å². The number of benzene rings is 2. The molecule has 0 aliphatic rings. The van der Waals surface area contributed by atoms with Crippen LogP contribution in [0.15, 0.2) is 78.9 Å². The number of hydrogen-bond donors (Lipinski definition) is 2. The summed E-state index contributed by atoms with van der Waals surface area (Å²) in [7, 11) is 0. The molecule has 0 unspecified atom stereocenters. The van der Waals surface area contributed by atoms with E-state index in [0.717, 1.165) is 29.2 Å². The van der Waals surface area contributed by atoms with Crippen molar-refractivity contribution in [2.45, 2.75) is 6.92 Å². The molecule has 0 spiro atoms. The van der Waals surface area contributed by atoms with Gasteiger partial charge in [0.2, 0.25) is 0 Å². The van der Waals surface area contributed by atoms with Crippen LogP contribution in [0.2, 0.25) is 0 Å². The number of allylic oxidation sites excluding steroid dienone is 1. The molecule has 2 nitrogen and oxygen atoms in total. The van der Waals surface area contributed by atoms with Crippen LogP contribution in [-0.4, -0.2) is 6.54 Å². The van der Waals surface area contributed by atoms with Gasteiger partial charge in [0, 0.05) is 23.6 Å². The zero-order valence-corrected chi connectivity index (χ0v) is 11.8. The first-order valence-corrected chi connectivity index (χ1v) is 6.74. The predicted molar refractivity (Wildman–Crippen MR) is 88.6 cm³/mol. The molecule has 2 heteroatoms. The Morgan fingerprint density at radius 3 is 2.20 bits per heavy atom. The summed E-state index contributed by atoms with van der Waals surface area (Å²) >= 11 is 0. The quantitative estimate of drug-likeness (QED) is 0.719. The van der Waals surface area contributed by atoms with Crippen molar-refractivity contribution in [3.63, 3.8) is 0 Å². The minimum Gasteiger partial charge on any atom is -0.381 e. The third-order valence-corrected chi connectivity index (χ3v) is 2.87. The Labute approximate surface area is 120 Å². The predicted octanol–water partition coefficient (Wildman–Crippen LogP) is 4.97. The third kappa shape index (κ3) is 4.32. The number of nitrogens with one attached hydrogen (secondary N) is 2. The van der Waals surface area contributed by atoms with Gasteiger partial charge >= 0.3 is 0 Å². The van der Waals surface area contributed by atoms with Crippen molar-refractivity contribution in [2.24, 2.45) is 0 Å². The smallest absolute Gasteiger partial charge is 0.0394 e. The van der Waals surface area contributed by atoms with E-state index < -0.39 is 0 Å². The first-order chi connectivity index (χ1) is 9.78. The Balaban J connectivity index is 1.91. The first-order valence-electron chi connectivity index (χ1n) is 6.74. The van der Waals surface area contributed by atoms with Gasteiger partial charge in [-0.25, -0.2) is 0 Å². The normalized spacial score (nSPS) is 10.4. The lowest BCUT2D eigenvalue weighted by Crippen LogP contribution is -2.02. The highest BCUT2D eigenvalue weighted by Crippen LogP contribution is 2.18. The summed E-state index contributed by atoms with van der Waals surface area (Å²) in [6, 6.07) is 18.4. The van der Waals surface area contributed by atoms with Crippen LogP contribution in [0.4, 0.5) is 17.1 Å². The van der Waals surface area contributed by atoms with Crippen LogP contribution in [0, 0.1) is 0 Å². The molecular weight excluding hydrogens is 244 g/mol. The molecule has 0 atom stereocenters. The summed E-state index contributed by atoms with van der Waals surface area (Å²) in [6.07, 6.45) is 4.01. The largest absolute Gasteiger partial charge is 0.381 e. The minimum atomic E-state index is 0.760. The second-order valence-corrected chi connectivity index (χ2v) is 4.58. The highest BCUT2D eigenvalue weighted by molar-refractivity contribution is 5.62. The van der Waals surface area contributed by atoms with Gasteiger partial charge in [-0.1, -0.05) is 36.9 Å². The SMILES string of the molecule is C=C(/C=C\C)CNc1ccc(Nc2ccccc2)cc1. The summed E-state index contributed by atoms with van der Waals surface area (Å²) in [6.45, 7) is 6.73. The molecule has 2 rings (SSSR count). The molecule has 0 bridgehead atoms. The molecule has 0 fully saturated rings. The van der Waals surface area contributed by atoms with Crippen LogP contribution >= 0.6 is 0 Å². The van der Waals surface area contributed by atoms with Crippen molar-refractivity contribution in [3.05, 3.63) is 78.9 Å². The molecule has 2 aromatic rings. The van der Waals surface area contributed by atoms with Crippen LogP contribution in [-0.2, 0) is 0 Å². The maximum Gasteiger partial charge on any atom is 0.0394 e. The monoisotopic (exact) mass is 264 g/mol. The van der Waals surface area contributed by atoms with E-state index in [-0.39, 0.29) is 0 Å². The maximum atomic E-state index is 3.97. The molecule has 0 aliphatic heterocycles. The Hall–Kier alpha value is -2.48. The number of para-hydroxylation sites is 1. The molecule has 0 saturated heterocycles. The van der Waals surface area contributed by atoms with E-state index in [4.69, 9.17) is 0 Å². The van der Waals surface area contributed by atoms with Gasteiger partial charge in [-0.2, -0.15) is 0 Å². The number of rotatable bonds is 6. The Morgan fingerprint density at radius 1 is 0.950 bits per heavy atom. The van der Waals surface area contributed by atoms with Crippen molar-refractivity contribution in [2.75, 3.05) is 17.2 Å². The molecule has 102 valence electrons. The van der Waals surface area contributed by atoms with E-state index in [1.54, 1.807) is 0 Å². The average molecular weight is 264 g/mol. The van der Waals surface area contributed by atoms with Crippen molar-refractivity contribution in [1.29, 1.82) is 0 Å². The molecule has 0 heterocycles. The molecular formula is C18H20N2. The van der Waals surface area contributed by atoms with Gasteiger partial charge in [0.15, 0.2) is 0 Å². The molecule has 0 amide bonds. The summed E-state index contributed by atoms with van der Waals surface area (Å²) in [4.78, 5) is 0. The van der Waals surface area contributed by atoms with E-state index in [2.05, 4.69) is 41.5 Å². The van der Waals surface area contributed by atoms with Gasteiger partial charge in [-0.15, -0.1) is 0 Å². The van der Waals surface area contributed by atoms with Crippen LogP contribution in [0.25, 0.3) is 0 Å². The molecule has 0 aromatic heterocycles. The fourth-order valence-corrected chi connectivity index (χ4v) is 1.87. The van der Waals surface area contributed by atoms with Gasteiger partial charge < -0.3 is 10.6 Å². The van der Waals surface area contributed by atoms with Crippen LogP contribution in [0.5, 0.6) is 0 Å². The zero-order chi connectivity index (χ0) is 14.2. The highest BCUT2D eigenvalue weighted by Gasteiger charge is 1.95. The van der Waals surface area contributed by atoms with Crippen molar-refractivity contribution in [1.82, 2.24) is 0 Å². The lowest BCUT2D eigenvalue weighted by atomic mass is 10.2.